The second kappa shape index (κ2) is 10.1. The van der Waals surface area contributed by atoms with E-state index in [0.29, 0.717) is 0 Å². The molecule has 31 heavy (non-hydrogen) atoms. The largest absolute Gasteiger partial charge is 0.497 e. The molecule has 0 spiro atoms. The van der Waals surface area contributed by atoms with Gasteiger partial charge in [-0.05, 0) is 55.6 Å². The van der Waals surface area contributed by atoms with Crippen LogP contribution in [-0.4, -0.2) is 43.1 Å². The van der Waals surface area contributed by atoms with Crippen molar-refractivity contribution >= 4 is 5.91 Å². The summed E-state index contributed by atoms with van der Waals surface area (Å²) in [6, 6.07) is 11.7. The molecule has 2 aromatic rings. The zero-order valence-electron chi connectivity index (χ0n) is 19.4. The van der Waals surface area contributed by atoms with Gasteiger partial charge in [0.2, 0.25) is 5.91 Å². The Hall–Kier alpha value is -2.60. The van der Waals surface area contributed by atoms with Crippen LogP contribution in [0.4, 0.5) is 0 Å². The number of nitrogens with zero attached hydrogens (tertiary/aromatic N) is 2. The highest BCUT2D eigenvalue weighted by Gasteiger charge is 2.33. The Bertz CT molecular complexity index is 864. The van der Waals surface area contributed by atoms with Gasteiger partial charge in [-0.15, -0.1) is 0 Å². The lowest BCUT2D eigenvalue weighted by atomic mass is 9.86. The maximum absolute atomic E-state index is 12.8. The van der Waals surface area contributed by atoms with Crippen molar-refractivity contribution in [2.24, 2.45) is 11.3 Å². The normalized spacial score (nSPS) is 18.3. The summed E-state index contributed by atoms with van der Waals surface area (Å²) in [5.41, 5.74) is 1.58. The molecule has 3 rings (SSSR count). The van der Waals surface area contributed by atoms with Gasteiger partial charge < -0.3 is 14.8 Å². The van der Waals surface area contributed by atoms with E-state index in [1.165, 1.54) is 0 Å². The Morgan fingerprint density at radius 2 is 2.03 bits per heavy atom. The molecule has 2 atom stereocenters. The molecule has 0 unspecified atom stereocenters. The molecule has 0 saturated carbocycles. The van der Waals surface area contributed by atoms with E-state index in [0.717, 1.165) is 55.2 Å². The third-order valence-corrected chi connectivity index (χ3v) is 5.87. The van der Waals surface area contributed by atoms with Gasteiger partial charge in [-0.3, -0.25) is 14.7 Å². The zero-order chi connectivity index (χ0) is 22.4. The molecule has 1 saturated heterocycles. The zero-order valence-corrected chi connectivity index (χ0v) is 19.4. The number of pyridine rings is 1. The number of rotatable bonds is 7. The summed E-state index contributed by atoms with van der Waals surface area (Å²) in [6.07, 6.45) is 3.93. The summed E-state index contributed by atoms with van der Waals surface area (Å²) >= 11 is 0. The van der Waals surface area contributed by atoms with E-state index in [1.807, 2.05) is 57.2 Å². The molecule has 1 aromatic heterocycles. The smallest absolute Gasteiger partial charge is 0.225 e. The van der Waals surface area contributed by atoms with Crippen LogP contribution in [0.25, 0.3) is 0 Å². The van der Waals surface area contributed by atoms with E-state index in [9.17, 15) is 4.79 Å². The van der Waals surface area contributed by atoms with Gasteiger partial charge in [0.05, 0.1) is 26.0 Å². The summed E-state index contributed by atoms with van der Waals surface area (Å²) in [4.78, 5) is 19.8. The lowest BCUT2D eigenvalue weighted by Gasteiger charge is -2.38. The maximum atomic E-state index is 12.8. The summed E-state index contributed by atoms with van der Waals surface area (Å²) < 4.78 is 11.0. The van der Waals surface area contributed by atoms with Crippen LogP contribution < -0.4 is 14.8 Å². The molecular weight excluding hydrogens is 390 g/mol. The average molecular weight is 426 g/mol. The number of benzene rings is 1. The molecule has 168 valence electrons. The van der Waals surface area contributed by atoms with Gasteiger partial charge in [-0.2, -0.15) is 0 Å². The minimum atomic E-state index is -0.449. The summed E-state index contributed by atoms with van der Waals surface area (Å²) in [6.45, 7) is 8.50. The van der Waals surface area contributed by atoms with Crippen molar-refractivity contribution in [2.75, 3.05) is 27.3 Å². The van der Waals surface area contributed by atoms with Crippen LogP contribution in [0.2, 0.25) is 0 Å². The van der Waals surface area contributed by atoms with Gasteiger partial charge in [-0.1, -0.05) is 26.8 Å². The van der Waals surface area contributed by atoms with E-state index < -0.39 is 5.41 Å². The monoisotopic (exact) mass is 425 g/mol. The van der Waals surface area contributed by atoms with Crippen molar-refractivity contribution in [2.45, 2.75) is 46.2 Å². The quantitative estimate of drug-likeness (QED) is 0.720. The predicted octanol–water partition coefficient (Wildman–Crippen LogP) is 4.21. The number of piperidine rings is 1. The Kier molecular flexibility index (Phi) is 7.55. The number of methoxy groups -OCH3 is 2. The number of carbonyl (C=O) groups is 1. The molecule has 1 aliphatic heterocycles. The first-order valence-electron chi connectivity index (χ1n) is 11.0. The number of amides is 1. The van der Waals surface area contributed by atoms with Crippen LogP contribution in [-0.2, 0) is 11.3 Å². The summed E-state index contributed by atoms with van der Waals surface area (Å²) in [5, 5.41) is 3.30. The van der Waals surface area contributed by atoms with E-state index in [-0.39, 0.29) is 17.9 Å². The third kappa shape index (κ3) is 5.97. The van der Waals surface area contributed by atoms with Gasteiger partial charge >= 0.3 is 0 Å². The fraction of sp³-hybridized carbons (Fsp3) is 0.520. The van der Waals surface area contributed by atoms with Crippen LogP contribution in [0, 0.1) is 11.3 Å². The van der Waals surface area contributed by atoms with Crippen LogP contribution in [0.15, 0.2) is 42.6 Å². The first-order valence-corrected chi connectivity index (χ1v) is 11.0. The second-order valence-electron chi connectivity index (χ2n) is 9.27. The van der Waals surface area contributed by atoms with Crippen molar-refractivity contribution in [3.05, 3.63) is 53.9 Å². The Balaban J connectivity index is 1.80. The minimum absolute atomic E-state index is 0.0507. The highest BCUT2D eigenvalue weighted by molar-refractivity contribution is 5.81. The van der Waals surface area contributed by atoms with E-state index >= 15 is 0 Å². The van der Waals surface area contributed by atoms with Crippen molar-refractivity contribution < 1.29 is 14.3 Å². The molecule has 0 bridgehead atoms. The van der Waals surface area contributed by atoms with Crippen LogP contribution in [0.5, 0.6) is 11.5 Å². The topological polar surface area (TPSA) is 63.7 Å². The SMILES string of the molecule is COc1ccc(OC)c(CN2CCC[C@H]([C@H](NC(=O)C(C)(C)C)c3ccccn3)C2)c1. The molecule has 1 aliphatic rings. The highest BCUT2D eigenvalue weighted by Crippen LogP contribution is 2.32. The molecule has 1 amide bonds. The standard InChI is InChI=1S/C25H35N3O3/c1-25(2,3)24(29)27-23(21-10-6-7-13-26-21)18-9-8-14-28(16-18)17-19-15-20(30-4)11-12-22(19)31-5/h6-7,10-13,15,18,23H,8-9,14,16-17H2,1-5H3,(H,27,29)/t18-,23-/m0/s1. The number of hydrogen-bond acceptors (Lipinski definition) is 5. The first-order chi connectivity index (χ1) is 14.8. The van der Waals surface area contributed by atoms with Gasteiger partial charge in [0, 0.05) is 30.3 Å². The number of ether oxygens (including phenoxy) is 2. The Morgan fingerprint density at radius 1 is 1.23 bits per heavy atom. The lowest BCUT2D eigenvalue weighted by molar-refractivity contribution is -0.130. The maximum Gasteiger partial charge on any atom is 0.225 e. The second-order valence-corrected chi connectivity index (χ2v) is 9.27. The Labute approximate surface area is 186 Å². The van der Waals surface area contributed by atoms with Gasteiger partial charge in [0.15, 0.2) is 0 Å². The summed E-state index contributed by atoms with van der Waals surface area (Å²) in [7, 11) is 3.38. The van der Waals surface area contributed by atoms with Crippen molar-refractivity contribution in [3.63, 3.8) is 0 Å². The molecule has 1 aromatic carbocycles. The van der Waals surface area contributed by atoms with Gasteiger partial charge in [-0.25, -0.2) is 0 Å². The molecular formula is C25H35N3O3. The number of likely N-dealkylation sites (tertiary alicyclic amines) is 1. The fourth-order valence-electron chi connectivity index (χ4n) is 4.10. The van der Waals surface area contributed by atoms with Crippen molar-refractivity contribution in [3.8, 4) is 11.5 Å². The molecule has 0 radical (unpaired) electrons. The van der Waals surface area contributed by atoms with Crippen molar-refractivity contribution in [1.29, 1.82) is 0 Å². The van der Waals surface area contributed by atoms with E-state index in [1.54, 1.807) is 20.4 Å². The highest BCUT2D eigenvalue weighted by atomic mass is 16.5. The van der Waals surface area contributed by atoms with E-state index in [2.05, 4.69) is 15.2 Å². The van der Waals surface area contributed by atoms with Gasteiger partial charge in [0.25, 0.3) is 0 Å². The van der Waals surface area contributed by atoms with Crippen LogP contribution in [0.3, 0.4) is 0 Å². The number of carbonyl (C=O) groups excluding carboxylic acids is 1. The third-order valence-electron chi connectivity index (χ3n) is 5.87. The average Bonchev–Trinajstić information content (AvgIpc) is 2.77. The molecule has 0 aliphatic carbocycles. The summed E-state index contributed by atoms with van der Waals surface area (Å²) in [5.74, 6) is 2.03. The number of hydrogen-bond donors (Lipinski definition) is 1. The molecule has 2 heterocycles. The molecule has 1 N–H and O–H groups in total. The van der Waals surface area contributed by atoms with Crippen molar-refractivity contribution in [1.82, 2.24) is 15.2 Å². The van der Waals surface area contributed by atoms with E-state index in [4.69, 9.17) is 9.47 Å². The molecule has 6 heteroatoms. The number of aromatic nitrogens is 1. The lowest BCUT2D eigenvalue weighted by Crippen LogP contribution is -2.45. The van der Waals surface area contributed by atoms with Crippen LogP contribution in [0.1, 0.15) is 50.9 Å². The van der Waals surface area contributed by atoms with Crippen LogP contribution >= 0.6 is 0 Å². The molecule has 1 fully saturated rings. The fourth-order valence-corrected chi connectivity index (χ4v) is 4.10. The Morgan fingerprint density at radius 3 is 2.68 bits per heavy atom. The molecule has 6 nitrogen and oxygen atoms in total. The number of nitrogens with one attached hydrogen (secondary N) is 1. The van der Waals surface area contributed by atoms with Gasteiger partial charge in [0.1, 0.15) is 11.5 Å². The first kappa shape index (κ1) is 23.1. The minimum Gasteiger partial charge on any atom is -0.497 e. The predicted molar refractivity (Wildman–Crippen MR) is 122 cm³/mol.